The molecule has 4 N–H and O–H groups in total. The molecule has 0 saturated heterocycles. The van der Waals surface area contributed by atoms with Crippen molar-refractivity contribution in [3.63, 3.8) is 0 Å². The van der Waals surface area contributed by atoms with Crippen molar-refractivity contribution < 1.29 is 14.6 Å². The summed E-state index contributed by atoms with van der Waals surface area (Å²) in [7, 11) is 1.53. The van der Waals surface area contributed by atoms with Crippen LogP contribution in [0.1, 0.15) is 20.8 Å². The van der Waals surface area contributed by atoms with Crippen LogP contribution in [-0.2, 0) is 9.53 Å². The average molecular weight is 176 g/mol. The van der Waals surface area contributed by atoms with Crippen LogP contribution in [0, 0.1) is 5.41 Å². The van der Waals surface area contributed by atoms with Gasteiger partial charge in [0.25, 0.3) is 5.97 Å². The van der Waals surface area contributed by atoms with E-state index in [9.17, 15) is 0 Å². The van der Waals surface area contributed by atoms with Crippen molar-refractivity contribution in [3.05, 3.63) is 0 Å². The summed E-state index contributed by atoms with van der Waals surface area (Å²) >= 11 is 0. The summed E-state index contributed by atoms with van der Waals surface area (Å²) in [6, 6.07) is 0. The molecule has 72 valence electrons. The molecule has 0 amide bonds. The van der Waals surface area contributed by atoms with Gasteiger partial charge in [0, 0.05) is 14.0 Å². The van der Waals surface area contributed by atoms with Gasteiger partial charge in [0.15, 0.2) is 0 Å². The van der Waals surface area contributed by atoms with Crippen LogP contribution in [0.2, 0.25) is 0 Å². The molecule has 0 aliphatic rings. The van der Waals surface area contributed by atoms with E-state index in [2.05, 4.69) is 0 Å². The predicted molar refractivity (Wildman–Crippen MR) is 46.3 cm³/mol. The lowest BCUT2D eigenvalue weighted by atomic mass is 10.1. The molecule has 0 spiro atoms. The Labute approximate surface area is 72.0 Å². The summed E-state index contributed by atoms with van der Waals surface area (Å²) in [5, 5.41) is 14.4. The number of hydrogen-bond donors (Lipinski definition) is 3. The lowest BCUT2D eigenvalue weighted by Crippen LogP contribution is -2.38. The van der Waals surface area contributed by atoms with Crippen LogP contribution in [0.4, 0.5) is 0 Å². The second-order valence-corrected chi connectivity index (χ2v) is 2.65. The fourth-order valence-electron chi connectivity index (χ4n) is 0.110. The highest BCUT2D eigenvalue weighted by molar-refractivity contribution is 5.85. The lowest BCUT2D eigenvalue weighted by Gasteiger charge is -2.19. The zero-order chi connectivity index (χ0) is 10.4. The molecular weight excluding hydrogens is 160 g/mol. The van der Waals surface area contributed by atoms with E-state index in [0.29, 0.717) is 0 Å². The Morgan fingerprint density at radius 2 is 1.83 bits per heavy atom. The smallest absolute Gasteiger partial charge is 0.300 e. The summed E-state index contributed by atoms with van der Waals surface area (Å²) in [6.45, 7) is 4.57. The molecule has 0 saturated carbocycles. The molecule has 0 aliphatic carbocycles. The average Bonchev–Trinajstić information content (AvgIpc) is 1.86. The maximum Gasteiger partial charge on any atom is 0.300 e. The SMILES string of the molecule is CC(=O)O.COC(C)(C)C(=N)N. The molecule has 5 nitrogen and oxygen atoms in total. The number of carboxylic acids is 1. The van der Waals surface area contributed by atoms with E-state index in [4.69, 9.17) is 25.8 Å². The first-order valence-electron chi connectivity index (χ1n) is 3.33. The molecule has 12 heavy (non-hydrogen) atoms. The fraction of sp³-hybridized carbons (Fsp3) is 0.714. The molecule has 0 aliphatic heterocycles. The van der Waals surface area contributed by atoms with E-state index in [-0.39, 0.29) is 5.84 Å². The molecule has 0 fully saturated rings. The highest BCUT2D eigenvalue weighted by Crippen LogP contribution is 2.04. The van der Waals surface area contributed by atoms with Gasteiger partial charge in [-0.1, -0.05) is 0 Å². The first-order chi connectivity index (χ1) is 5.24. The van der Waals surface area contributed by atoms with Gasteiger partial charge in [0.2, 0.25) is 0 Å². The molecule has 5 heteroatoms. The van der Waals surface area contributed by atoms with Crippen LogP contribution in [-0.4, -0.2) is 29.6 Å². The minimum atomic E-state index is -0.833. The highest BCUT2D eigenvalue weighted by Gasteiger charge is 2.19. The molecular formula is C7H16N2O3. The number of ether oxygens (including phenoxy) is 1. The van der Waals surface area contributed by atoms with Gasteiger partial charge >= 0.3 is 0 Å². The summed E-state index contributed by atoms with van der Waals surface area (Å²) in [4.78, 5) is 9.00. The number of nitrogens with one attached hydrogen (secondary N) is 1. The summed E-state index contributed by atoms with van der Waals surface area (Å²) in [5.41, 5.74) is 4.54. The Kier molecular flexibility index (Phi) is 6.22. The van der Waals surface area contributed by atoms with Crippen molar-refractivity contribution in [2.45, 2.75) is 26.4 Å². The number of nitrogens with two attached hydrogens (primary N) is 1. The molecule has 0 rings (SSSR count). The van der Waals surface area contributed by atoms with Gasteiger partial charge in [-0.3, -0.25) is 10.2 Å². The molecule has 0 aromatic rings. The Balaban J connectivity index is 0. The molecule has 0 heterocycles. The number of carboxylic acid groups (broad SMARTS) is 1. The lowest BCUT2D eigenvalue weighted by molar-refractivity contribution is -0.134. The Bertz CT molecular complexity index is 162. The topological polar surface area (TPSA) is 96.4 Å². The third-order valence-electron chi connectivity index (χ3n) is 1.16. The van der Waals surface area contributed by atoms with Crippen LogP contribution >= 0.6 is 0 Å². The molecule has 0 aromatic carbocycles. The second kappa shape index (κ2) is 5.54. The number of amidine groups is 1. The quantitative estimate of drug-likeness (QED) is 0.420. The maximum atomic E-state index is 9.00. The van der Waals surface area contributed by atoms with E-state index in [1.165, 1.54) is 7.11 Å². The zero-order valence-corrected chi connectivity index (χ0v) is 7.84. The molecule has 0 radical (unpaired) electrons. The van der Waals surface area contributed by atoms with Gasteiger partial charge < -0.3 is 15.6 Å². The second-order valence-electron chi connectivity index (χ2n) is 2.65. The summed E-state index contributed by atoms with van der Waals surface area (Å²) in [6.07, 6.45) is 0. The molecule has 0 bridgehead atoms. The summed E-state index contributed by atoms with van der Waals surface area (Å²) in [5.74, 6) is -0.778. The van der Waals surface area contributed by atoms with Gasteiger partial charge in [-0.2, -0.15) is 0 Å². The van der Waals surface area contributed by atoms with Gasteiger partial charge in [0.1, 0.15) is 11.4 Å². The Hall–Kier alpha value is -1.10. The van der Waals surface area contributed by atoms with Crippen molar-refractivity contribution in [1.29, 1.82) is 5.41 Å². The van der Waals surface area contributed by atoms with Crippen LogP contribution in [0.3, 0.4) is 0 Å². The first-order valence-corrected chi connectivity index (χ1v) is 3.33. The molecule has 0 aromatic heterocycles. The summed E-state index contributed by atoms with van der Waals surface area (Å²) < 4.78 is 4.85. The highest BCUT2D eigenvalue weighted by atomic mass is 16.5. The maximum absolute atomic E-state index is 9.00. The van der Waals surface area contributed by atoms with E-state index in [1.54, 1.807) is 13.8 Å². The van der Waals surface area contributed by atoms with Crippen molar-refractivity contribution in [1.82, 2.24) is 0 Å². The number of rotatable bonds is 2. The number of hydrogen-bond acceptors (Lipinski definition) is 3. The third kappa shape index (κ3) is 8.90. The van der Waals surface area contributed by atoms with Crippen LogP contribution < -0.4 is 5.73 Å². The normalized spacial score (nSPS) is 9.67. The predicted octanol–water partition coefficient (Wildman–Crippen LogP) is 0.438. The first kappa shape index (κ1) is 13.5. The van der Waals surface area contributed by atoms with Crippen LogP contribution in [0.5, 0.6) is 0 Å². The number of aliphatic carboxylic acids is 1. The van der Waals surface area contributed by atoms with E-state index >= 15 is 0 Å². The molecule has 0 unspecified atom stereocenters. The fourth-order valence-corrected chi connectivity index (χ4v) is 0.110. The van der Waals surface area contributed by atoms with Crippen LogP contribution in [0.15, 0.2) is 0 Å². The van der Waals surface area contributed by atoms with Crippen molar-refractivity contribution in [2.24, 2.45) is 5.73 Å². The Morgan fingerprint density at radius 3 is 1.83 bits per heavy atom. The van der Waals surface area contributed by atoms with Gasteiger partial charge in [0.05, 0.1) is 0 Å². The third-order valence-corrected chi connectivity index (χ3v) is 1.16. The van der Waals surface area contributed by atoms with Gasteiger partial charge in [-0.15, -0.1) is 0 Å². The minimum absolute atomic E-state index is 0.0556. The number of methoxy groups -OCH3 is 1. The number of carbonyl (C=O) groups is 1. The van der Waals surface area contributed by atoms with Crippen molar-refractivity contribution in [3.8, 4) is 0 Å². The van der Waals surface area contributed by atoms with Gasteiger partial charge in [-0.25, -0.2) is 0 Å². The van der Waals surface area contributed by atoms with Crippen molar-refractivity contribution in [2.75, 3.05) is 7.11 Å². The minimum Gasteiger partial charge on any atom is -0.481 e. The van der Waals surface area contributed by atoms with E-state index in [0.717, 1.165) is 6.92 Å². The zero-order valence-electron chi connectivity index (χ0n) is 7.84. The van der Waals surface area contributed by atoms with E-state index < -0.39 is 11.6 Å². The largest absolute Gasteiger partial charge is 0.481 e. The van der Waals surface area contributed by atoms with Gasteiger partial charge in [-0.05, 0) is 13.8 Å². The van der Waals surface area contributed by atoms with Crippen molar-refractivity contribution >= 4 is 11.8 Å². The standard InChI is InChI=1S/C5H12N2O.C2H4O2/c1-5(2,8-3)4(6)7;1-2(3)4/h1-3H3,(H3,6,7);1H3,(H,3,4). The molecule has 0 atom stereocenters. The van der Waals surface area contributed by atoms with Crippen LogP contribution in [0.25, 0.3) is 0 Å². The monoisotopic (exact) mass is 176 g/mol. The van der Waals surface area contributed by atoms with E-state index in [1.807, 2.05) is 0 Å². The Morgan fingerprint density at radius 1 is 1.58 bits per heavy atom.